The van der Waals surface area contributed by atoms with Crippen molar-refractivity contribution in [2.45, 2.75) is 56.2 Å². The first-order valence-corrected chi connectivity index (χ1v) is 8.97. The highest BCUT2D eigenvalue weighted by molar-refractivity contribution is 7.91. The molecule has 2 N–H and O–H groups in total. The molecule has 2 heterocycles. The molecule has 0 aromatic carbocycles. The van der Waals surface area contributed by atoms with Crippen LogP contribution < -0.4 is 5.73 Å². The van der Waals surface area contributed by atoms with Crippen LogP contribution in [0.2, 0.25) is 0 Å². The Morgan fingerprint density at radius 1 is 1.42 bits per heavy atom. The lowest BCUT2D eigenvalue weighted by atomic mass is 10.1. The fraction of sp³-hybridized carbons (Fsp3) is 0.750. The molecule has 0 saturated carbocycles. The second kappa shape index (κ2) is 5.76. The van der Waals surface area contributed by atoms with Gasteiger partial charge in [-0.05, 0) is 26.2 Å². The van der Waals surface area contributed by atoms with Crippen molar-refractivity contribution in [2.75, 3.05) is 12.3 Å². The van der Waals surface area contributed by atoms with Crippen LogP contribution in [0.4, 0.5) is 5.13 Å². The monoisotopic (exact) mass is 303 g/mol. The van der Waals surface area contributed by atoms with Gasteiger partial charge in [-0.15, -0.1) is 0 Å². The summed E-state index contributed by atoms with van der Waals surface area (Å²) in [4.78, 5) is 4.04. The molecule has 1 atom stereocenters. The van der Waals surface area contributed by atoms with Crippen molar-refractivity contribution >= 4 is 26.5 Å². The van der Waals surface area contributed by atoms with Crippen LogP contribution in [0.25, 0.3) is 0 Å². The molecule has 0 bridgehead atoms. The number of hydrogen-bond acceptors (Lipinski definition) is 5. The zero-order chi connectivity index (χ0) is 14.0. The van der Waals surface area contributed by atoms with Crippen molar-refractivity contribution in [2.24, 2.45) is 0 Å². The van der Waals surface area contributed by atoms with Crippen molar-refractivity contribution in [3.8, 4) is 0 Å². The van der Waals surface area contributed by atoms with E-state index < -0.39 is 10.0 Å². The Hall–Kier alpha value is -0.660. The second-order valence-corrected chi connectivity index (χ2v) is 8.07. The Morgan fingerprint density at radius 2 is 2.16 bits per heavy atom. The predicted molar refractivity (Wildman–Crippen MR) is 77.7 cm³/mol. The molecule has 1 saturated heterocycles. The van der Waals surface area contributed by atoms with Crippen molar-refractivity contribution in [1.82, 2.24) is 9.29 Å². The molecule has 2 rings (SSSR count). The van der Waals surface area contributed by atoms with Crippen LogP contribution in [0.3, 0.4) is 0 Å². The lowest BCUT2D eigenvalue weighted by Crippen LogP contribution is -2.39. The molecule has 1 aliphatic heterocycles. The summed E-state index contributed by atoms with van der Waals surface area (Å²) in [6.07, 6.45) is 4.94. The Balaban J connectivity index is 2.39. The first kappa shape index (κ1) is 14.7. The molecule has 7 heteroatoms. The largest absolute Gasteiger partial charge is 0.375 e. The number of aryl methyl sites for hydroxylation is 1. The predicted octanol–water partition coefficient (Wildman–Crippen LogP) is 2.38. The van der Waals surface area contributed by atoms with E-state index in [0.717, 1.165) is 43.4 Å². The summed E-state index contributed by atoms with van der Waals surface area (Å²) in [7, 11) is -3.45. The van der Waals surface area contributed by atoms with Crippen LogP contribution in [0.1, 0.15) is 44.7 Å². The number of nitrogens with two attached hydrogens (primary N) is 1. The van der Waals surface area contributed by atoms with Gasteiger partial charge in [-0.2, -0.15) is 4.31 Å². The molecule has 108 valence electrons. The first-order chi connectivity index (χ1) is 8.96. The van der Waals surface area contributed by atoms with Gasteiger partial charge in [-0.25, -0.2) is 13.4 Å². The summed E-state index contributed by atoms with van der Waals surface area (Å²) in [6, 6.07) is 0.107. The quantitative estimate of drug-likeness (QED) is 0.930. The van der Waals surface area contributed by atoms with Gasteiger partial charge in [0.25, 0.3) is 10.0 Å². The molecule has 5 nitrogen and oxygen atoms in total. The Morgan fingerprint density at radius 3 is 2.74 bits per heavy atom. The molecule has 1 aliphatic rings. The van der Waals surface area contributed by atoms with Crippen LogP contribution in [0, 0.1) is 6.92 Å². The number of rotatable bonds is 3. The van der Waals surface area contributed by atoms with Crippen molar-refractivity contribution in [3.63, 3.8) is 0 Å². The summed E-state index contributed by atoms with van der Waals surface area (Å²) < 4.78 is 27.5. The van der Waals surface area contributed by atoms with E-state index in [1.165, 1.54) is 0 Å². The van der Waals surface area contributed by atoms with Gasteiger partial charge in [0.05, 0.1) is 5.69 Å². The highest BCUT2D eigenvalue weighted by Crippen LogP contribution is 2.32. The zero-order valence-electron chi connectivity index (χ0n) is 11.4. The molecule has 1 fully saturated rings. The Kier molecular flexibility index (Phi) is 4.47. The molecule has 0 amide bonds. The summed E-state index contributed by atoms with van der Waals surface area (Å²) in [6.45, 7) is 4.36. The van der Waals surface area contributed by atoms with E-state index in [-0.39, 0.29) is 6.04 Å². The van der Waals surface area contributed by atoms with Crippen LogP contribution in [0.15, 0.2) is 4.21 Å². The molecule has 19 heavy (non-hydrogen) atoms. The molecule has 1 aromatic heterocycles. The number of hydrogen-bond donors (Lipinski definition) is 1. The normalized spacial score (nSPS) is 22.3. The minimum atomic E-state index is -3.45. The van der Waals surface area contributed by atoms with E-state index >= 15 is 0 Å². The van der Waals surface area contributed by atoms with Crippen LogP contribution >= 0.6 is 11.3 Å². The molecule has 0 radical (unpaired) electrons. The molecular weight excluding hydrogens is 282 g/mol. The standard InChI is InChI=1S/C12H21N3O2S2/c1-3-10-7-5-4-6-8-15(10)19(16,17)11-9(2)14-12(13)18-11/h10H,3-8H2,1-2H3,(H2,13,14). The average molecular weight is 303 g/mol. The fourth-order valence-electron chi connectivity index (χ4n) is 2.62. The van der Waals surface area contributed by atoms with Crippen LogP contribution in [0.5, 0.6) is 0 Å². The van der Waals surface area contributed by atoms with Gasteiger partial charge >= 0.3 is 0 Å². The lowest BCUT2D eigenvalue weighted by molar-refractivity contribution is 0.315. The summed E-state index contributed by atoms with van der Waals surface area (Å²) in [5, 5.41) is 0.318. The molecular formula is C12H21N3O2S2. The van der Waals surface area contributed by atoms with Crippen molar-refractivity contribution in [1.29, 1.82) is 0 Å². The third-order valence-corrected chi connectivity index (χ3v) is 7.13. The fourth-order valence-corrected chi connectivity index (χ4v) is 5.80. The number of nitrogen functional groups attached to an aromatic ring is 1. The SMILES string of the molecule is CCC1CCCCCN1S(=O)(=O)c1sc(N)nc1C. The molecule has 1 unspecified atom stereocenters. The molecule has 1 aromatic rings. The first-order valence-electron chi connectivity index (χ1n) is 6.71. The van der Waals surface area contributed by atoms with E-state index in [0.29, 0.717) is 21.6 Å². The Labute approximate surface area is 118 Å². The van der Waals surface area contributed by atoms with Gasteiger partial charge in [0.2, 0.25) is 0 Å². The van der Waals surface area contributed by atoms with Crippen molar-refractivity contribution < 1.29 is 8.42 Å². The maximum absolute atomic E-state index is 12.8. The van der Waals surface area contributed by atoms with E-state index in [1.54, 1.807) is 11.2 Å². The zero-order valence-corrected chi connectivity index (χ0v) is 13.1. The maximum atomic E-state index is 12.8. The minimum Gasteiger partial charge on any atom is -0.375 e. The third-order valence-electron chi connectivity index (χ3n) is 3.61. The maximum Gasteiger partial charge on any atom is 0.254 e. The number of aromatic nitrogens is 1. The smallest absolute Gasteiger partial charge is 0.254 e. The topological polar surface area (TPSA) is 76.3 Å². The van der Waals surface area contributed by atoms with Gasteiger partial charge in [0.15, 0.2) is 9.34 Å². The van der Waals surface area contributed by atoms with Crippen LogP contribution in [-0.4, -0.2) is 30.3 Å². The number of anilines is 1. The number of thiazole rings is 1. The van der Waals surface area contributed by atoms with Gasteiger partial charge < -0.3 is 5.73 Å². The van der Waals surface area contributed by atoms with Crippen molar-refractivity contribution in [3.05, 3.63) is 5.69 Å². The number of nitrogens with zero attached hydrogens (tertiary/aromatic N) is 2. The highest BCUT2D eigenvalue weighted by Gasteiger charge is 2.34. The third kappa shape index (κ3) is 2.93. The number of sulfonamides is 1. The molecule has 0 spiro atoms. The van der Waals surface area contributed by atoms with Gasteiger partial charge in [-0.3, -0.25) is 0 Å². The van der Waals surface area contributed by atoms with Gasteiger partial charge in [0, 0.05) is 12.6 Å². The van der Waals surface area contributed by atoms with Gasteiger partial charge in [0.1, 0.15) is 0 Å². The van der Waals surface area contributed by atoms with E-state index in [9.17, 15) is 8.42 Å². The Bertz CT molecular complexity index is 539. The van der Waals surface area contributed by atoms with E-state index in [4.69, 9.17) is 5.73 Å². The minimum absolute atomic E-state index is 0.107. The van der Waals surface area contributed by atoms with E-state index in [1.807, 2.05) is 6.92 Å². The molecule has 0 aliphatic carbocycles. The highest BCUT2D eigenvalue weighted by atomic mass is 32.2. The van der Waals surface area contributed by atoms with Crippen LogP contribution in [-0.2, 0) is 10.0 Å². The lowest BCUT2D eigenvalue weighted by Gasteiger charge is -2.27. The summed E-state index contributed by atoms with van der Waals surface area (Å²) in [5.41, 5.74) is 6.14. The average Bonchev–Trinajstić information content (AvgIpc) is 2.59. The summed E-state index contributed by atoms with van der Waals surface area (Å²) in [5.74, 6) is 0. The van der Waals surface area contributed by atoms with E-state index in [2.05, 4.69) is 4.98 Å². The second-order valence-electron chi connectivity index (χ2n) is 4.95. The summed E-state index contributed by atoms with van der Waals surface area (Å²) >= 11 is 1.07. The van der Waals surface area contributed by atoms with Gasteiger partial charge in [-0.1, -0.05) is 31.1 Å².